The average molecular weight is 288 g/mol. The number of aldehydes is 1. The van der Waals surface area contributed by atoms with Crippen LogP contribution < -0.4 is 0 Å². The van der Waals surface area contributed by atoms with Gasteiger partial charge in [-0.3, -0.25) is 4.79 Å². The van der Waals surface area contributed by atoms with Crippen LogP contribution in [0, 0.1) is 0 Å². The first-order chi connectivity index (χ1) is 8.17. The Morgan fingerprint density at radius 3 is 2.76 bits per heavy atom. The van der Waals surface area contributed by atoms with Crippen molar-refractivity contribution >= 4 is 42.1 Å². The van der Waals surface area contributed by atoms with E-state index < -0.39 is 0 Å². The summed E-state index contributed by atoms with van der Waals surface area (Å²) in [4.78, 5) is 11.0. The number of benzene rings is 1. The summed E-state index contributed by atoms with van der Waals surface area (Å²) < 4.78 is 5.13. The lowest BCUT2D eigenvalue weighted by atomic mass is 10.1. The molecule has 0 aliphatic carbocycles. The van der Waals surface area contributed by atoms with Crippen LogP contribution in [0.5, 0.6) is 0 Å². The van der Waals surface area contributed by atoms with Gasteiger partial charge in [-0.1, -0.05) is 28.4 Å². The SMILES string of the molecule is O=Cc1c(CS)noc1-c1ccc(Cl)cc1Cl. The van der Waals surface area contributed by atoms with Gasteiger partial charge in [0.2, 0.25) is 0 Å². The summed E-state index contributed by atoms with van der Waals surface area (Å²) in [6.07, 6.45) is 0.683. The monoisotopic (exact) mass is 287 g/mol. The van der Waals surface area contributed by atoms with E-state index in [0.717, 1.165) is 0 Å². The number of carbonyl (C=O) groups is 1. The van der Waals surface area contributed by atoms with Crippen LogP contribution in [-0.2, 0) is 5.75 Å². The lowest BCUT2D eigenvalue weighted by Gasteiger charge is -2.01. The van der Waals surface area contributed by atoms with Gasteiger partial charge in [-0.2, -0.15) is 12.6 Å². The maximum absolute atomic E-state index is 11.0. The van der Waals surface area contributed by atoms with Gasteiger partial charge in [0.15, 0.2) is 12.0 Å². The Morgan fingerprint density at radius 2 is 2.18 bits per heavy atom. The summed E-state index contributed by atoms with van der Waals surface area (Å²) in [6, 6.07) is 4.93. The molecular weight excluding hydrogens is 281 g/mol. The highest BCUT2D eigenvalue weighted by Crippen LogP contribution is 2.33. The Bertz CT molecular complexity index is 569. The van der Waals surface area contributed by atoms with E-state index in [-0.39, 0.29) is 0 Å². The zero-order valence-corrected chi connectivity index (χ0v) is 10.9. The molecule has 0 bridgehead atoms. The van der Waals surface area contributed by atoms with Crippen LogP contribution in [0.4, 0.5) is 0 Å². The Hall–Kier alpha value is -0.970. The summed E-state index contributed by atoms with van der Waals surface area (Å²) in [5, 5.41) is 4.69. The van der Waals surface area contributed by atoms with E-state index in [1.54, 1.807) is 18.2 Å². The molecule has 0 atom stereocenters. The molecule has 0 amide bonds. The summed E-state index contributed by atoms with van der Waals surface area (Å²) >= 11 is 15.9. The third kappa shape index (κ3) is 2.34. The highest BCUT2D eigenvalue weighted by molar-refractivity contribution is 7.79. The van der Waals surface area contributed by atoms with Crippen molar-refractivity contribution in [2.24, 2.45) is 0 Å². The van der Waals surface area contributed by atoms with E-state index in [1.165, 1.54) is 0 Å². The fourth-order valence-electron chi connectivity index (χ4n) is 1.43. The van der Waals surface area contributed by atoms with Crippen LogP contribution in [0.2, 0.25) is 10.0 Å². The van der Waals surface area contributed by atoms with E-state index in [0.29, 0.717) is 44.7 Å². The molecule has 2 aromatic rings. The third-order valence-corrected chi connectivity index (χ3v) is 3.09. The molecule has 1 aromatic carbocycles. The molecule has 1 aromatic heterocycles. The van der Waals surface area contributed by atoms with Crippen molar-refractivity contribution in [3.8, 4) is 11.3 Å². The third-order valence-electron chi connectivity index (χ3n) is 2.25. The van der Waals surface area contributed by atoms with Crippen molar-refractivity contribution in [3.05, 3.63) is 39.5 Å². The first-order valence-corrected chi connectivity index (χ1v) is 6.06. The van der Waals surface area contributed by atoms with Crippen molar-refractivity contribution in [3.63, 3.8) is 0 Å². The van der Waals surface area contributed by atoms with Gasteiger partial charge in [0.1, 0.15) is 5.69 Å². The van der Waals surface area contributed by atoms with Gasteiger partial charge < -0.3 is 4.52 Å². The maximum Gasteiger partial charge on any atom is 0.179 e. The molecule has 0 N–H and O–H groups in total. The Balaban J connectivity index is 2.60. The Morgan fingerprint density at radius 1 is 1.41 bits per heavy atom. The molecule has 0 fully saturated rings. The smallest absolute Gasteiger partial charge is 0.179 e. The Kier molecular flexibility index (Phi) is 3.76. The van der Waals surface area contributed by atoms with Crippen molar-refractivity contribution in [2.45, 2.75) is 5.75 Å². The van der Waals surface area contributed by atoms with Crippen molar-refractivity contribution < 1.29 is 9.32 Å². The van der Waals surface area contributed by atoms with E-state index in [4.69, 9.17) is 27.7 Å². The second-order valence-electron chi connectivity index (χ2n) is 3.27. The maximum atomic E-state index is 11.0. The van der Waals surface area contributed by atoms with Crippen LogP contribution in [0.15, 0.2) is 22.7 Å². The molecule has 0 radical (unpaired) electrons. The van der Waals surface area contributed by atoms with E-state index in [1.807, 2.05) is 0 Å². The molecule has 2 rings (SSSR count). The van der Waals surface area contributed by atoms with Crippen LogP contribution in [0.1, 0.15) is 16.1 Å². The summed E-state index contributed by atoms with van der Waals surface area (Å²) in [5.74, 6) is 0.661. The Labute approximate surface area is 113 Å². The number of hydrogen-bond donors (Lipinski definition) is 1. The number of aromatic nitrogens is 1. The summed E-state index contributed by atoms with van der Waals surface area (Å²) in [5.41, 5.74) is 1.44. The molecule has 0 saturated carbocycles. The number of hydrogen-bond acceptors (Lipinski definition) is 4. The van der Waals surface area contributed by atoms with Crippen molar-refractivity contribution in [1.82, 2.24) is 5.16 Å². The molecule has 17 heavy (non-hydrogen) atoms. The molecule has 0 aliphatic heterocycles. The number of nitrogens with zero attached hydrogens (tertiary/aromatic N) is 1. The van der Waals surface area contributed by atoms with Gasteiger partial charge >= 0.3 is 0 Å². The van der Waals surface area contributed by atoms with Gasteiger partial charge in [-0.25, -0.2) is 0 Å². The molecule has 0 unspecified atom stereocenters. The zero-order valence-electron chi connectivity index (χ0n) is 8.48. The van der Waals surface area contributed by atoms with Gasteiger partial charge in [0, 0.05) is 16.3 Å². The predicted molar refractivity (Wildman–Crippen MR) is 70.0 cm³/mol. The molecule has 6 heteroatoms. The van der Waals surface area contributed by atoms with Gasteiger partial charge in [-0.15, -0.1) is 0 Å². The van der Waals surface area contributed by atoms with Gasteiger partial charge in [-0.05, 0) is 18.2 Å². The largest absolute Gasteiger partial charge is 0.355 e. The lowest BCUT2D eigenvalue weighted by molar-refractivity contribution is 0.112. The van der Waals surface area contributed by atoms with E-state index in [2.05, 4.69) is 17.8 Å². The minimum Gasteiger partial charge on any atom is -0.355 e. The molecule has 0 spiro atoms. The van der Waals surface area contributed by atoms with Crippen LogP contribution >= 0.6 is 35.8 Å². The fourth-order valence-corrected chi connectivity index (χ4v) is 2.16. The normalized spacial score (nSPS) is 10.5. The van der Waals surface area contributed by atoms with Gasteiger partial charge in [0.25, 0.3) is 0 Å². The highest BCUT2D eigenvalue weighted by Gasteiger charge is 2.18. The van der Waals surface area contributed by atoms with Crippen LogP contribution in [0.25, 0.3) is 11.3 Å². The highest BCUT2D eigenvalue weighted by atomic mass is 35.5. The van der Waals surface area contributed by atoms with Gasteiger partial charge in [0.05, 0.1) is 10.6 Å². The number of thiol groups is 1. The summed E-state index contributed by atoms with van der Waals surface area (Å²) in [7, 11) is 0. The molecule has 88 valence electrons. The molecule has 3 nitrogen and oxygen atoms in total. The van der Waals surface area contributed by atoms with Crippen LogP contribution in [-0.4, -0.2) is 11.4 Å². The first kappa shape index (κ1) is 12.5. The number of carbonyl (C=O) groups excluding carboxylic acids is 1. The molecule has 0 saturated heterocycles. The first-order valence-electron chi connectivity index (χ1n) is 4.67. The van der Waals surface area contributed by atoms with E-state index >= 15 is 0 Å². The average Bonchev–Trinajstić information content (AvgIpc) is 2.71. The lowest BCUT2D eigenvalue weighted by Crippen LogP contribution is -1.88. The zero-order chi connectivity index (χ0) is 12.4. The number of rotatable bonds is 3. The topological polar surface area (TPSA) is 43.1 Å². The van der Waals surface area contributed by atoms with Crippen molar-refractivity contribution in [1.29, 1.82) is 0 Å². The van der Waals surface area contributed by atoms with E-state index in [9.17, 15) is 4.79 Å². The standard InChI is InChI=1S/C11H7Cl2NO2S/c12-6-1-2-7(9(13)3-6)11-8(4-15)10(5-17)14-16-11/h1-4,17H,5H2. The minimum absolute atomic E-state index is 0.322. The number of halogens is 2. The predicted octanol–water partition coefficient (Wildman–Crippen LogP) is 3.89. The minimum atomic E-state index is 0.322. The molecule has 0 aliphatic rings. The fraction of sp³-hybridized carbons (Fsp3) is 0.0909. The molecular formula is C11H7Cl2NO2S. The second kappa shape index (κ2) is 5.12. The summed E-state index contributed by atoms with van der Waals surface area (Å²) in [6.45, 7) is 0. The quantitative estimate of drug-likeness (QED) is 0.688. The molecule has 1 heterocycles. The van der Waals surface area contributed by atoms with Crippen molar-refractivity contribution in [2.75, 3.05) is 0 Å². The van der Waals surface area contributed by atoms with Crippen LogP contribution in [0.3, 0.4) is 0 Å². The second-order valence-corrected chi connectivity index (χ2v) is 4.43.